The van der Waals surface area contributed by atoms with E-state index in [0.29, 0.717) is 6.54 Å². The van der Waals surface area contributed by atoms with Crippen LogP contribution in [0.15, 0.2) is 82.5 Å². The summed E-state index contributed by atoms with van der Waals surface area (Å²) in [7, 11) is -3.24. The standard InChI is InChI=1S/C21H19N3O3S/c1-28(26,27)18-10-7-15(8-11-18)14-24-20-12-9-17(13-19(20)23-21(24)25)22-16-5-3-2-4-6-16/h2-13,22H,14H2,1H3,(H,23,25). The van der Waals surface area contributed by atoms with Gasteiger partial charge in [0.2, 0.25) is 0 Å². The maximum Gasteiger partial charge on any atom is 0.326 e. The highest BCUT2D eigenvalue weighted by Gasteiger charge is 2.10. The number of anilines is 2. The quantitative estimate of drug-likeness (QED) is 0.543. The molecule has 0 fully saturated rings. The zero-order valence-electron chi connectivity index (χ0n) is 15.2. The summed E-state index contributed by atoms with van der Waals surface area (Å²) in [4.78, 5) is 15.6. The van der Waals surface area contributed by atoms with Crippen LogP contribution in [-0.4, -0.2) is 24.2 Å². The van der Waals surface area contributed by atoms with Crippen molar-refractivity contribution in [3.05, 3.63) is 88.8 Å². The van der Waals surface area contributed by atoms with E-state index in [1.165, 1.54) is 6.26 Å². The number of rotatable bonds is 5. The maximum absolute atomic E-state index is 12.4. The van der Waals surface area contributed by atoms with Crippen LogP contribution in [0.1, 0.15) is 5.56 Å². The monoisotopic (exact) mass is 393 g/mol. The van der Waals surface area contributed by atoms with Crippen LogP contribution in [0.4, 0.5) is 11.4 Å². The molecule has 0 saturated heterocycles. The molecule has 1 aromatic heterocycles. The average Bonchev–Trinajstić information content (AvgIpc) is 2.97. The summed E-state index contributed by atoms with van der Waals surface area (Å²) in [6, 6.07) is 22.1. The Labute approximate surface area is 162 Å². The molecular weight excluding hydrogens is 374 g/mol. The van der Waals surface area contributed by atoms with Crippen molar-refractivity contribution in [2.24, 2.45) is 0 Å². The van der Waals surface area contributed by atoms with Crippen LogP contribution in [0.2, 0.25) is 0 Å². The Balaban J connectivity index is 1.63. The topological polar surface area (TPSA) is 84.0 Å². The van der Waals surface area contributed by atoms with E-state index in [4.69, 9.17) is 0 Å². The van der Waals surface area contributed by atoms with Crippen LogP contribution in [0.5, 0.6) is 0 Å². The minimum absolute atomic E-state index is 0.209. The van der Waals surface area contributed by atoms with Gasteiger partial charge in [0.25, 0.3) is 0 Å². The predicted molar refractivity (Wildman–Crippen MR) is 111 cm³/mol. The molecule has 1 heterocycles. The third-order valence-electron chi connectivity index (χ3n) is 4.53. The number of fused-ring (bicyclic) bond motifs is 1. The minimum atomic E-state index is -3.24. The first-order valence-corrected chi connectivity index (χ1v) is 10.6. The molecule has 4 rings (SSSR count). The number of aromatic amines is 1. The first-order valence-electron chi connectivity index (χ1n) is 8.74. The number of hydrogen-bond donors (Lipinski definition) is 2. The van der Waals surface area contributed by atoms with Crippen molar-refractivity contribution in [1.82, 2.24) is 9.55 Å². The normalized spacial score (nSPS) is 11.6. The highest BCUT2D eigenvalue weighted by Crippen LogP contribution is 2.21. The van der Waals surface area contributed by atoms with Gasteiger partial charge in [-0.25, -0.2) is 13.2 Å². The average molecular weight is 393 g/mol. The number of sulfone groups is 1. The third-order valence-corrected chi connectivity index (χ3v) is 5.66. The van der Waals surface area contributed by atoms with E-state index >= 15 is 0 Å². The Morgan fingerprint density at radius 2 is 1.64 bits per heavy atom. The number of benzene rings is 3. The van der Waals surface area contributed by atoms with Crippen LogP contribution >= 0.6 is 0 Å². The Bertz CT molecular complexity index is 1290. The van der Waals surface area contributed by atoms with E-state index in [0.717, 1.165) is 28.0 Å². The summed E-state index contributed by atoms with van der Waals surface area (Å²) < 4.78 is 24.8. The summed E-state index contributed by atoms with van der Waals surface area (Å²) >= 11 is 0. The number of hydrogen-bond acceptors (Lipinski definition) is 4. The minimum Gasteiger partial charge on any atom is -0.355 e. The van der Waals surface area contributed by atoms with Crippen molar-refractivity contribution in [3.63, 3.8) is 0 Å². The number of para-hydroxylation sites is 1. The van der Waals surface area contributed by atoms with E-state index in [1.807, 2.05) is 48.5 Å². The van der Waals surface area contributed by atoms with Crippen molar-refractivity contribution in [2.45, 2.75) is 11.4 Å². The lowest BCUT2D eigenvalue weighted by atomic mass is 10.2. The van der Waals surface area contributed by atoms with E-state index in [2.05, 4.69) is 10.3 Å². The first kappa shape index (κ1) is 18.1. The fraction of sp³-hybridized carbons (Fsp3) is 0.0952. The fourth-order valence-corrected chi connectivity index (χ4v) is 3.74. The van der Waals surface area contributed by atoms with Crippen molar-refractivity contribution in [3.8, 4) is 0 Å². The van der Waals surface area contributed by atoms with Gasteiger partial charge in [-0.15, -0.1) is 0 Å². The van der Waals surface area contributed by atoms with E-state index in [9.17, 15) is 13.2 Å². The molecule has 0 atom stereocenters. The highest BCUT2D eigenvalue weighted by atomic mass is 32.2. The van der Waals surface area contributed by atoms with Gasteiger partial charge < -0.3 is 10.3 Å². The molecule has 7 heteroatoms. The van der Waals surface area contributed by atoms with Crippen molar-refractivity contribution < 1.29 is 8.42 Å². The van der Waals surface area contributed by atoms with Crippen molar-refractivity contribution in [1.29, 1.82) is 0 Å². The molecule has 4 aromatic rings. The molecule has 0 amide bonds. The maximum atomic E-state index is 12.4. The molecule has 6 nitrogen and oxygen atoms in total. The van der Waals surface area contributed by atoms with Crippen molar-refractivity contribution in [2.75, 3.05) is 11.6 Å². The SMILES string of the molecule is CS(=O)(=O)c1ccc(Cn2c(=O)[nH]c3cc(Nc4ccccc4)ccc32)cc1. The number of aromatic nitrogens is 2. The molecule has 0 saturated carbocycles. The van der Waals surface area contributed by atoms with Gasteiger partial charge in [0.05, 0.1) is 22.5 Å². The molecule has 2 N–H and O–H groups in total. The Morgan fingerprint density at radius 3 is 2.32 bits per heavy atom. The lowest BCUT2D eigenvalue weighted by Crippen LogP contribution is -2.17. The second-order valence-corrected chi connectivity index (χ2v) is 8.67. The second-order valence-electron chi connectivity index (χ2n) is 6.66. The number of nitrogens with one attached hydrogen (secondary N) is 2. The van der Waals surface area contributed by atoms with Gasteiger partial charge in [-0.1, -0.05) is 30.3 Å². The van der Waals surface area contributed by atoms with Crippen molar-refractivity contribution >= 4 is 32.2 Å². The van der Waals surface area contributed by atoms with Gasteiger partial charge in [0, 0.05) is 17.6 Å². The molecule has 3 aromatic carbocycles. The predicted octanol–water partition coefficient (Wildman–Crippen LogP) is 3.53. The highest BCUT2D eigenvalue weighted by molar-refractivity contribution is 7.90. The summed E-state index contributed by atoms with van der Waals surface area (Å²) in [5.41, 5.74) is 4.01. The zero-order valence-corrected chi connectivity index (χ0v) is 16.0. The molecule has 0 bridgehead atoms. The number of imidazole rings is 1. The first-order chi connectivity index (χ1) is 13.4. The van der Waals surface area contributed by atoms with E-state index < -0.39 is 9.84 Å². The van der Waals surface area contributed by atoms with Gasteiger partial charge >= 0.3 is 5.69 Å². The Hall–Kier alpha value is -3.32. The van der Waals surface area contributed by atoms with Gasteiger partial charge in [-0.05, 0) is 48.0 Å². The van der Waals surface area contributed by atoms with Gasteiger partial charge in [-0.3, -0.25) is 4.57 Å². The lowest BCUT2D eigenvalue weighted by Gasteiger charge is -2.08. The fourth-order valence-electron chi connectivity index (χ4n) is 3.11. The smallest absolute Gasteiger partial charge is 0.326 e. The number of H-pyrrole nitrogens is 1. The van der Waals surface area contributed by atoms with Crippen LogP contribution in [0, 0.1) is 0 Å². The number of nitrogens with zero attached hydrogens (tertiary/aromatic N) is 1. The van der Waals surface area contributed by atoms with Gasteiger partial charge in [0.15, 0.2) is 9.84 Å². The van der Waals surface area contributed by atoms with E-state index in [1.54, 1.807) is 28.8 Å². The summed E-state index contributed by atoms with van der Waals surface area (Å²) in [6.07, 6.45) is 1.17. The molecule has 0 aliphatic rings. The summed E-state index contributed by atoms with van der Waals surface area (Å²) in [6.45, 7) is 0.355. The second kappa shape index (κ2) is 7.01. The molecule has 0 radical (unpaired) electrons. The molecule has 0 unspecified atom stereocenters. The summed E-state index contributed by atoms with van der Waals surface area (Å²) in [5, 5.41) is 3.31. The molecular formula is C21H19N3O3S. The largest absolute Gasteiger partial charge is 0.355 e. The molecule has 0 spiro atoms. The van der Waals surface area contributed by atoms with Crippen LogP contribution < -0.4 is 11.0 Å². The molecule has 0 aliphatic heterocycles. The molecule has 28 heavy (non-hydrogen) atoms. The zero-order chi connectivity index (χ0) is 19.7. The molecule has 0 aliphatic carbocycles. The van der Waals surface area contributed by atoms with E-state index in [-0.39, 0.29) is 10.6 Å². The lowest BCUT2D eigenvalue weighted by molar-refractivity contribution is 0.602. The Kier molecular flexibility index (Phi) is 4.52. The van der Waals surface area contributed by atoms with Gasteiger partial charge in [0.1, 0.15) is 0 Å². The molecule has 142 valence electrons. The van der Waals surface area contributed by atoms with Crippen LogP contribution in [0.25, 0.3) is 11.0 Å². The van der Waals surface area contributed by atoms with Crippen LogP contribution in [-0.2, 0) is 16.4 Å². The third kappa shape index (κ3) is 3.70. The van der Waals surface area contributed by atoms with Crippen LogP contribution in [0.3, 0.4) is 0 Å². The Morgan fingerprint density at radius 1 is 0.929 bits per heavy atom. The summed E-state index contributed by atoms with van der Waals surface area (Å²) in [5.74, 6) is 0. The van der Waals surface area contributed by atoms with Gasteiger partial charge in [-0.2, -0.15) is 0 Å².